The van der Waals surface area contributed by atoms with E-state index in [2.05, 4.69) is 10.00 Å². The summed E-state index contributed by atoms with van der Waals surface area (Å²) in [6, 6.07) is 6.45. The molecule has 1 aromatic carbocycles. The number of ether oxygens (including phenoxy) is 1. The van der Waals surface area contributed by atoms with Crippen molar-refractivity contribution in [1.29, 1.82) is 0 Å². The van der Waals surface area contributed by atoms with Gasteiger partial charge in [-0.15, -0.1) is 0 Å². The molecule has 0 radical (unpaired) electrons. The first-order valence-electron chi connectivity index (χ1n) is 8.24. The van der Waals surface area contributed by atoms with E-state index in [0.29, 0.717) is 25.5 Å². The van der Waals surface area contributed by atoms with E-state index in [1.54, 1.807) is 12.1 Å². The van der Waals surface area contributed by atoms with Crippen LogP contribution in [0.15, 0.2) is 33.9 Å². The Morgan fingerprint density at radius 1 is 1.20 bits per heavy atom. The summed E-state index contributed by atoms with van der Waals surface area (Å²) in [6.07, 6.45) is 0.773. The Kier molecular flexibility index (Phi) is 3.81. The van der Waals surface area contributed by atoms with Crippen LogP contribution in [0.4, 0.5) is 4.39 Å². The molecule has 0 N–H and O–H groups in total. The molecule has 25 heavy (non-hydrogen) atoms. The minimum atomic E-state index is -0.623. The Balaban J connectivity index is 1.53. The van der Waals surface area contributed by atoms with Crippen LogP contribution >= 0.6 is 0 Å². The van der Waals surface area contributed by atoms with Crippen molar-refractivity contribution in [2.45, 2.75) is 31.7 Å². The minimum absolute atomic E-state index is 0.216. The lowest BCUT2D eigenvalue weighted by atomic mass is 10.0. The summed E-state index contributed by atoms with van der Waals surface area (Å²) < 4.78 is 21.6. The predicted octanol–water partition coefficient (Wildman–Crippen LogP) is 0.256. The van der Waals surface area contributed by atoms with Gasteiger partial charge in [-0.3, -0.25) is 19.1 Å². The van der Waals surface area contributed by atoms with E-state index in [1.807, 2.05) is 0 Å². The van der Waals surface area contributed by atoms with Crippen LogP contribution in [0.1, 0.15) is 17.8 Å². The average Bonchev–Trinajstić information content (AvgIpc) is 2.98. The number of hydrogen-bond donors (Lipinski definition) is 0. The van der Waals surface area contributed by atoms with Crippen LogP contribution < -0.4 is 11.1 Å². The molecule has 4 rings (SSSR count). The quantitative estimate of drug-likeness (QED) is 0.730. The maximum Gasteiger partial charge on any atom is 0.332 e. The van der Waals surface area contributed by atoms with E-state index in [1.165, 1.54) is 23.7 Å². The predicted molar refractivity (Wildman–Crippen MR) is 87.6 cm³/mol. The molecule has 2 aliphatic heterocycles. The highest BCUT2D eigenvalue weighted by atomic mass is 19.1. The molecule has 0 aliphatic carbocycles. The molecular formula is C17H19FN4O3. The molecule has 8 heteroatoms. The van der Waals surface area contributed by atoms with Crippen LogP contribution in [0.2, 0.25) is 0 Å². The van der Waals surface area contributed by atoms with Crippen LogP contribution in [0.3, 0.4) is 0 Å². The fourth-order valence-electron chi connectivity index (χ4n) is 3.62. The molecule has 2 aromatic rings. The molecule has 0 saturated carbocycles. The van der Waals surface area contributed by atoms with Gasteiger partial charge in [0, 0.05) is 26.7 Å². The van der Waals surface area contributed by atoms with Crippen molar-refractivity contribution in [3.05, 3.63) is 62.2 Å². The van der Waals surface area contributed by atoms with Crippen molar-refractivity contribution < 1.29 is 9.13 Å². The Morgan fingerprint density at radius 3 is 2.72 bits per heavy atom. The number of halogens is 1. The van der Waals surface area contributed by atoms with E-state index in [4.69, 9.17) is 4.74 Å². The second-order valence-corrected chi connectivity index (χ2v) is 6.80. The summed E-state index contributed by atoms with van der Waals surface area (Å²) in [5, 5.41) is 4.12. The first-order chi connectivity index (χ1) is 12.0. The molecule has 1 spiro atoms. The lowest BCUT2D eigenvalue weighted by Gasteiger charge is -2.35. The Labute approximate surface area is 143 Å². The number of aromatic nitrogens is 3. The molecule has 132 valence electrons. The monoisotopic (exact) mass is 346 g/mol. The SMILES string of the molecule is Cn1nc2n(c(=O)c1=O)C[C@]1(CCN(Cc3ccc(F)cc3)C1)OC2. The third kappa shape index (κ3) is 2.91. The number of hydrogen-bond acceptors (Lipinski definition) is 5. The zero-order chi connectivity index (χ0) is 17.6. The van der Waals surface area contributed by atoms with Gasteiger partial charge in [0.2, 0.25) is 0 Å². The van der Waals surface area contributed by atoms with E-state index in [-0.39, 0.29) is 12.4 Å². The van der Waals surface area contributed by atoms with Crippen LogP contribution in [-0.4, -0.2) is 37.9 Å². The molecule has 7 nitrogen and oxygen atoms in total. The highest BCUT2D eigenvalue weighted by molar-refractivity contribution is 5.16. The summed E-state index contributed by atoms with van der Waals surface area (Å²) in [5.41, 5.74) is -0.623. The smallest absolute Gasteiger partial charge is 0.332 e. The second-order valence-electron chi connectivity index (χ2n) is 6.80. The molecule has 1 saturated heterocycles. The van der Waals surface area contributed by atoms with E-state index in [0.717, 1.165) is 23.2 Å². The van der Waals surface area contributed by atoms with Crippen LogP contribution in [0.5, 0.6) is 0 Å². The molecule has 0 bridgehead atoms. The van der Waals surface area contributed by atoms with Crippen molar-refractivity contribution in [3.63, 3.8) is 0 Å². The minimum Gasteiger partial charge on any atom is -0.364 e. The average molecular weight is 346 g/mol. The van der Waals surface area contributed by atoms with Crippen LogP contribution in [0.25, 0.3) is 0 Å². The van der Waals surface area contributed by atoms with Gasteiger partial charge in [0.25, 0.3) is 0 Å². The Morgan fingerprint density at radius 2 is 1.96 bits per heavy atom. The van der Waals surface area contributed by atoms with Gasteiger partial charge >= 0.3 is 11.1 Å². The Hall–Kier alpha value is -2.32. The normalized spacial score (nSPS) is 23.1. The molecular weight excluding hydrogens is 327 g/mol. The molecule has 3 heterocycles. The number of fused-ring (bicyclic) bond motifs is 1. The first kappa shape index (κ1) is 16.2. The van der Waals surface area contributed by atoms with Gasteiger partial charge < -0.3 is 4.74 Å². The van der Waals surface area contributed by atoms with Crippen molar-refractivity contribution in [2.75, 3.05) is 13.1 Å². The molecule has 2 aliphatic rings. The van der Waals surface area contributed by atoms with Crippen molar-refractivity contribution in [3.8, 4) is 0 Å². The summed E-state index contributed by atoms with van der Waals surface area (Å²) in [4.78, 5) is 26.3. The van der Waals surface area contributed by atoms with Gasteiger partial charge in [-0.1, -0.05) is 12.1 Å². The molecule has 1 fully saturated rings. The summed E-state index contributed by atoms with van der Waals surface area (Å²) in [7, 11) is 1.47. The lowest BCUT2D eigenvalue weighted by molar-refractivity contribution is -0.0858. The molecule has 0 unspecified atom stereocenters. The third-order valence-corrected chi connectivity index (χ3v) is 4.97. The van der Waals surface area contributed by atoms with Crippen molar-refractivity contribution in [1.82, 2.24) is 19.2 Å². The van der Waals surface area contributed by atoms with Crippen molar-refractivity contribution in [2.24, 2.45) is 7.05 Å². The third-order valence-electron chi connectivity index (χ3n) is 4.97. The second kappa shape index (κ2) is 5.89. The van der Waals surface area contributed by atoms with E-state index >= 15 is 0 Å². The first-order valence-corrected chi connectivity index (χ1v) is 8.24. The van der Waals surface area contributed by atoms with Gasteiger partial charge in [-0.05, 0) is 24.1 Å². The van der Waals surface area contributed by atoms with Crippen molar-refractivity contribution >= 4 is 0 Å². The number of aryl methyl sites for hydroxylation is 1. The van der Waals surface area contributed by atoms with E-state index < -0.39 is 16.7 Å². The maximum atomic E-state index is 13.0. The zero-order valence-corrected chi connectivity index (χ0v) is 13.9. The highest BCUT2D eigenvalue weighted by Crippen LogP contribution is 2.31. The molecule has 0 amide bonds. The standard InChI is InChI=1S/C17H19FN4O3/c1-20-15(23)16(24)22-11-17(25-9-14(22)19-20)6-7-21(10-17)8-12-2-4-13(18)5-3-12/h2-5H,6-11H2,1H3/t17-/m1/s1. The van der Waals surface area contributed by atoms with Gasteiger partial charge in [0.05, 0.1) is 6.54 Å². The summed E-state index contributed by atoms with van der Waals surface area (Å²) in [6.45, 7) is 2.73. The van der Waals surface area contributed by atoms with Crippen LogP contribution in [-0.2, 0) is 31.5 Å². The highest BCUT2D eigenvalue weighted by Gasteiger charge is 2.43. The number of nitrogens with zero attached hydrogens (tertiary/aromatic N) is 4. The molecule has 1 aromatic heterocycles. The lowest BCUT2D eigenvalue weighted by Crippen LogP contribution is -2.52. The van der Waals surface area contributed by atoms with Crippen LogP contribution in [0, 0.1) is 5.82 Å². The number of benzene rings is 1. The molecule has 1 atom stereocenters. The summed E-state index contributed by atoms with van der Waals surface area (Å²) in [5.74, 6) is 0.233. The number of rotatable bonds is 2. The van der Waals surface area contributed by atoms with Gasteiger partial charge in [0.1, 0.15) is 18.0 Å². The van der Waals surface area contributed by atoms with Gasteiger partial charge in [-0.25, -0.2) is 9.07 Å². The zero-order valence-electron chi connectivity index (χ0n) is 13.9. The topological polar surface area (TPSA) is 69.4 Å². The fourth-order valence-corrected chi connectivity index (χ4v) is 3.62. The van der Waals surface area contributed by atoms with Gasteiger partial charge in [-0.2, -0.15) is 5.10 Å². The van der Waals surface area contributed by atoms with E-state index in [9.17, 15) is 14.0 Å². The van der Waals surface area contributed by atoms with Gasteiger partial charge in [0.15, 0.2) is 5.82 Å². The maximum absolute atomic E-state index is 13.0. The fraction of sp³-hybridized carbons (Fsp3) is 0.471. The largest absolute Gasteiger partial charge is 0.364 e. The number of likely N-dealkylation sites (tertiary alicyclic amines) is 1. The Bertz CT molecular complexity index is 921. The summed E-state index contributed by atoms with van der Waals surface area (Å²) >= 11 is 0.